The van der Waals surface area contributed by atoms with Crippen LogP contribution >= 0.6 is 0 Å². The summed E-state index contributed by atoms with van der Waals surface area (Å²) in [6.07, 6.45) is 1.84. The fourth-order valence-corrected chi connectivity index (χ4v) is 2.93. The number of hydrogen-bond acceptors (Lipinski definition) is 4. The highest BCUT2D eigenvalue weighted by atomic mass is 16.5. The predicted molar refractivity (Wildman–Crippen MR) is 127 cm³/mol. The maximum absolute atomic E-state index is 12.7. The van der Waals surface area contributed by atoms with Gasteiger partial charge in [0.1, 0.15) is 11.5 Å². The van der Waals surface area contributed by atoms with E-state index in [2.05, 4.69) is 10.6 Å². The van der Waals surface area contributed by atoms with Crippen molar-refractivity contribution in [1.82, 2.24) is 0 Å². The first-order chi connectivity index (χ1) is 15.6. The molecule has 166 valence electrons. The van der Waals surface area contributed by atoms with Crippen molar-refractivity contribution in [2.45, 2.75) is 26.7 Å². The Morgan fingerprint density at radius 2 is 1.00 bits per heavy atom. The highest BCUT2D eigenvalue weighted by Gasteiger charge is 2.12. The molecule has 0 spiro atoms. The van der Waals surface area contributed by atoms with E-state index < -0.39 is 0 Å². The number of rotatable bonds is 10. The SMILES string of the molecule is CCCOc1ccc(C(=O)Nc2ccccc2NC(=O)c2ccc(OCCC)cc2)cc1. The Hall–Kier alpha value is -3.80. The summed E-state index contributed by atoms with van der Waals surface area (Å²) in [5.74, 6) is 0.904. The van der Waals surface area contributed by atoms with Crippen molar-refractivity contribution in [2.75, 3.05) is 23.8 Å². The van der Waals surface area contributed by atoms with Crippen molar-refractivity contribution in [3.8, 4) is 11.5 Å². The van der Waals surface area contributed by atoms with Crippen molar-refractivity contribution < 1.29 is 19.1 Å². The van der Waals surface area contributed by atoms with Gasteiger partial charge >= 0.3 is 0 Å². The standard InChI is InChI=1S/C26H28N2O4/c1-3-17-31-21-13-9-19(10-14-21)25(29)27-23-7-5-6-8-24(23)28-26(30)20-11-15-22(16-12-20)32-18-4-2/h5-16H,3-4,17-18H2,1-2H3,(H,27,29)(H,28,30). The van der Waals surface area contributed by atoms with Crippen LogP contribution in [-0.2, 0) is 0 Å². The summed E-state index contributed by atoms with van der Waals surface area (Å²) in [5.41, 5.74) is 2.02. The average molecular weight is 433 g/mol. The van der Waals surface area contributed by atoms with Crippen LogP contribution < -0.4 is 20.1 Å². The van der Waals surface area contributed by atoms with E-state index >= 15 is 0 Å². The van der Waals surface area contributed by atoms with E-state index in [-0.39, 0.29) is 11.8 Å². The highest BCUT2D eigenvalue weighted by Crippen LogP contribution is 2.23. The smallest absolute Gasteiger partial charge is 0.255 e. The minimum Gasteiger partial charge on any atom is -0.494 e. The number of para-hydroxylation sites is 2. The average Bonchev–Trinajstić information content (AvgIpc) is 2.83. The Bertz CT molecular complexity index is 946. The number of carbonyl (C=O) groups is 2. The first kappa shape index (κ1) is 22.9. The van der Waals surface area contributed by atoms with Crippen LogP contribution in [-0.4, -0.2) is 25.0 Å². The van der Waals surface area contributed by atoms with Crippen LogP contribution in [0.25, 0.3) is 0 Å². The quantitative estimate of drug-likeness (QED) is 0.426. The molecule has 0 fully saturated rings. The second kappa shape index (κ2) is 11.6. The molecule has 3 aromatic rings. The van der Waals surface area contributed by atoms with E-state index in [1.54, 1.807) is 72.8 Å². The summed E-state index contributed by atoms with van der Waals surface area (Å²) < 4.78 is 11.1. The number of anilines is 2. The summed E-state index contributed by atoms with van der Waals surface area (Å²) in [6.45, 7) is 5.34. The number of amides is 2. The first-order valence-corrected chi connectivity index (χ1v) is 10.8. The molecule has 0 saturated heterocycles. The van der Waals surface area contributed by atoms with Gasteiger partial charge in [-0.25, -0.2) is 0 Å². The Labute approximate surface area is 188 Å². The molecule has 0 unspecified atom stereocenters. The largest absolute Gasteiger partial charge is 0.494 e. The lowest BCUT2D eigenvalue weighted by molar-refractivity contribution is 0.101. The third kappa shape index (κ3) is 6.35. The van der Waals surface area contributed by atoms with Gasteiger partial charge in [-0.05, 0) is 73.5 Å². The van der Waals surface area contributed by atoms with Gasteiger partial charge in [0.05, 0.1) is 24.6 Å². The van der Waals surface area contributed by atoms with E-state index in [0.717, 1.165) is 24.3 Å². The Morgan fingerprint density at radius 3 is 1.34 bits per heavy atom. The highest BCUT2D eigenvalue weighted by molar-refractivity contribution is 6.10. The fraction of sp³-hybridized carbons (Fsp3) is 0.231. The summed E-state index contributed by atoms with van der Waals surface area (Å²) in [7, 11) is 0. The lowest BCUT2D eigenvalue weighted by Crippen LogP contribution is -2.16. The van der Waals surface area contributed by atoms with Crippen LogP contribution in [0.2, 0.25) is 0 Å². The molecular weight excluding hydrogens is 404 g/mol. The van der Waals surface area contributed by atoms with E-state index in [1.165, 1.54) is 0 Å². The minimum absolute atomic E-state index is 0.272. The Balaban J connectivity index is 1.66. The number of carbonyl (C=O) groups excluding carboxylic acids is 2. The summed E-state index contributed by atoms with van der Waals surface area (Å²) in [6, 6.07) is 21.0. The van der Waals surface area contributed by atoms with Gasteiger partial charge in [-0.2, -0.15) is 0 Å². The third-order valence-electron chi connectivity index (χ3n) is 4.60. The zero-order chi connectivity index (χ0) is 22.8. The molecule has 2 amide bonds. The Kier molecular flexibility index (Phi) is 8.26. The lowest BCUT2D eigenvalue weighted by atomic mass is 10.1. The molecule has 0 saturated carbocycles. The topological polar surface area (TPSA) is 76.7 Å². The molecule has 0 bridgehead atoms. The molecule has 3 aromatic carbocycles. The van der Waals surface area contributed by atoms with Gasteiger partial charge in [-0.15, -0.1) is 0 Å². The van der Waals surface area contributed by atoms with Gasteiger partial charge in [-0.3, -0.25) is 9.59 Å². The molecule has 0 heterocycles. The lowest BCUT2D eigenvalue weighted by Gasteiger charge is -2.13. The van der Waals surface area contributed by atoms with Gasteiger partial charge in [-0.1, -0.05) is 26.0 Å². The zero-order valence-electron chi connectivity index (χ0n) is 18.4. The molecule has 6 heteroatoms. The summed E-state index contributed by atoms with van der Waals surface area (Å²) in [5, 5.41) is 5.73. The van der Waals surface area contributed by atoms with Gasteiger partial charge in [0.25, 0.3) is 11.8 Å². The normalized spacial score (nSPS) is 10.3. The van der Waals surface area contributed by atoms with E-state index in [4.69, 9.17) is 9.47 Å². The second-order valence-electron chi connectivity index (χ2n) is 7.20. The minimum atomic E-state index is -0.272. The van der Waals surface area contributed by atoms with Crippen molar-refractivity contribution in [1.29, 1.82) is 0 Å². The third-order valence-corrected chi connectivity index (χ3v) is 4.60. The number of benzene rings is 3. The molecule has 0 aliphatic carbocycles. The monoisotopic (exact) mass is 432 g/mol. The predicted octanol–water partition coefficient (Wildman–Crippen LogP) is 5.77. The van der Waals surface area contributed by atoms with Crippen molar-refractivity contribution >= 4 is 23.2 Å². The van der Waals surface area contributed by atoms with Crippen molar-refractivity contribution in [3.05, 3.63) is 83.9 Å². The first-order valence-electron chi connectivity index (χ1n) is 10.8. The van der Waals surface area contributed by atoms with Gasteiger partial charge in [0.2, 0.25) is 0 Å². The van der Waals surface area contributed by atoms with E-state index in [9.17, 15) is 9.59 Å². The molecular formula is C26H28N2O4. The number of ether oxygens (including phenoxy) is 2. The van der Waals surface area contributed by atoms with Gasteiger partial charge < -0.3 is 20.1 Å². The molecule has 0 aromatic heterocycles. The molecule has 3 rings (SSSR count). The van der Waals surface area contributed by atoms with E-state index in [0.29, 0.717) is 35.7 Å². The molecule has 0 aliphatic heterocycles. The molecule has 6 nitrogen and oxygen atoms in total. The molecule has 0 radical (unpaired) electrons. The van der Waals surface area contributed by atoms with Crippen LogP contribution in [0, 0.1) is 0 Å². The van der Waals surface area contributed by atoms with Crippen molar-refractivity contribution in [3.63, 3.8) is 0 Å². The van der Waals surface area contributed by atoms with Gasteiger partial charge in [0, 0.05) is 11.1 Å². The fourth-order valence-electron chi connectivity index (χ4n) is 2.93. The van der Waals surface area contributed by atoms with Crippen LogP contribution in [0.15, 0.2) is 72.8 Å². The van der Waals surface area contributed by atoms with Crippen molar-refractivity contribution in [2.24, 2.45) is 0 Å². The number of hydrogen-bond donors (Lipinski definition) is 2. The molecule has 0 aliphatic rings. The molecule has 0 atom stereocenters. The molecule has 32 heavy (non-hydrogen) atoms. The zero-order valence-corrected chi connectivity index (χ0v) is 18.4. The summed E-state index contributed by atoms with van der Waals surface area (Å²) in [4.78, 5) is 25.4. The molecule has 2 N–H and O–H groups in total. The van der Waals surface area contributed by atoms with Crippen LogP contribution in [0.3, 0.4) is 0 Å². The van der Waals surface area contributed by atoms with Gasteiger partial charge in [0.15, 0.2) is 0 Å². The van der Waals surface area contributed by atoms with Crippen LogP contribution in [0.4, 0.5) is 11.4 Å². The van der Waals surface area contributed by atoms with Crippen LogP contribution in [0.5, 0.6) is 11.5 Å². The maximum atomic E-state index is 12.7. The second-order valence-corrected chi connectivity index (χ2v) is 7.20. The summed E-state index contributed by atoms with van der Waals surface area (Å²) >= 11 is 0. The maximum Gasteiger partial charge on any atom is 0.255 e. The Morgan fingerprint density at radius 1 is 0.625 bits per heavy atom. The van der Waals surface area contributed by atoms with E-state index in [1.807, 2.05) is 13.8 Å². The number of nitrogens with one attached hydrogen (secondary N) is 2. The van der Waals surface area contributed by atoms with Crippen LogP contribution in [0.1, 0.15) is 47.4 Å².